The Bertz CT molecular complexity index is 657. The third-order valence-electron chi connectivity index (χ3n) is 4.44. The van der Waals surface area contributed by atoms with E-state index in [9.17, 15) is 0 Å². The van der Waals surface area contributed by atoms with Crippen LogP contribution < -0.4 is 4.90 Å². The Morgan fingerprint density at radius 3 is 2.52 bits per heavy atom. The fourth-order valence-electron chi connectivity index (χ4n) is 2.97. The second-order valence-electron chi connectivity index (χ2n) is 6.75. The van der Waals surface area contributed by atoms with E-state index < -0.39 is 0 Å². The summed E-state index contributed by atoms with van der Waals surface area (Å²) in [5.41, 5.74) is 4.03. The third kappa shape index (κ3) is 3.72. The fraction of sp³-hybridized carbons (Fsp3) is 0.556. The normalized spacial score (nSPS) is 16.3. The number of hydrogen-bond donors (Lipinski definition) is 0. The van der Waals surface area contributed by atoms with Crippen LogP contribution in [0.3, 0.4) is 0 Å². The summed E-state index contributed by atoms with van der Waals surface area (Å²) in [5.74, 6) is 1.84. The van der Waals surface area contributed by atoms with E-state index in [4.69, 9.17) is 4.52 Å². The molecule has 124 valence electrons. The van der Waals surface area contributed by atoms with Crippen LogP contribution in [0.4, 0.5) is 5.69 Å². The van der Waals surface area contributed by atoms with E-state index in [1.165, 1.54) is 16.8 Å². The summed E-state index contributed by atoms with van der Waals surface area (Å²) >= 11 is 0. The van der Waals surface area contributed by atoms with E-state index in [0.717, 1.165) is 44.4 Å². The maximum absolute atomic E-state index is 5.36. The number of rotatable bonds is 4. The number of hydrogen-bond acceptors (Lipinski definition) is 5. The molecule has 0 saturated carbocycles. The van der Waals surface area contributed by atoms with Crippen molar-refractivity contribution in [3.05, 3.63) is 41.0 Å². The molecule has 1 aromatic heterocycles. The van der Waals surface area contributed by atoms with Gasteiger partial charge in [0.2, 0.25) is 5.89 Å². The lowest BCUT2D eigenvalue weighted by Crippen LogP contribution is -2.46. The first-order valence-corrected chi connectivity index (χ1v) is 8.40. The van der Waals surface area contributed by atoms with Crippen molar-refractivity contribution in [3.63, 3.8) is 0 Å². The van der Waals surface area contributed by atoms with Gasteiger partial charge in [-0.1, -0.05) is 31.1 Å². The standard InChI is InChI=1S/C18H26N4O/c1-13(2)18-19-17(23-20-18)12-21-7-9-22(10-8-21)16-11-14(3)5-6-15(16)4/h5-6,11,13H,7-10,12H2,1-4H3. The van der Waals surface area contributed by atoms with Crippen molar-refractivity contribution in [1.29, 1.82) is 0 Å². The van der Waals surface area contributed by atoms with Crippen LogP contribution in [0, 0.1) is 13.8 Å². The molecule has 0 atom stereocenters. The molecule has 1 aliphatic rings. The summed E-state index contributed by atoms with van der Waals surface area (Å²) in [6.07, 6.45) is 0. The van der Waals surface area contributed by atoms with Crippen LogP contribution in [0.1, 0.15) is 42.6 Å². The molecule has 2 heterocycles. The molecule has 1 saturated heterocycles. The Balaban J connectivity index is 1.58. The van der Waals surface area contributed by atoms with E-state index in [2.05, 4.69) is 65.8 Å². The van der Waals surface area contributed by atoms with E-state index in [1.54, 1.807) is 0 Å². The fourth-order valence-corrected chi connectivity index (χ4v) is 2.97. The minimum atomic E-state index is 0.314. The van der Waals surface area contributed by atoms with Gasteiger partial charge < -0.3 is 9.42 Å². The van der Waals surface area contributed by atoms with Crippen molar-refractivity contribution < 1.29 is 4.52 Å². The summed E-state index contributed by atoms with van der Waals surface area (Å²) in [6, 6.07) is 6.68. The van der Waals surface area contributed by atoms with Gasteiger partial charge in [-0.25, -0.2) is 0 Å². The highest BCUT2D eigenvalue weighted by Crippen LogP contribution is 2.23. The molecule has 5 nitrogen and oxygen atoms in total. The van der Waals surface area contributed by atoms with E-state index >= 15 is 0 Å². The number of nitrogens with zero attached hydrogens (tertiary/aromatic N) is 4. The lowest BCUT2D eigenvalue weighted by Gasteiger charge is -2.36. The van der Waals surface area contributed by atoms with Gasteiger partial charge in [-0.3, -0.25) is 4.90 Å². The Labute approximate surface area is 138 Å². The molecule has 1 fully saturated rings. The predicted octanol–water partition coefficient (Wildman–Crippen LogP) is 3.13. The largest absolute Gasteiger partial charge is 0.369 e. The van der Waals surface area contributed by atoms with Gasteiger partial charge in [0, 0.05) is 37.8 Å². The van der Waals surface area contributed by atoms with Crippen LogP contribution in [-0.2, 0) is 6.54 Å². The first kappa shape index (κ1) is 16.0. The molecule has 0 N–H and O–H groups in total. The molecule has 0 amide bonds. The Morgan fingerprint density at radius 1 is 1.13 bits per heavy atom. The van der Waals surface area contributed by atoms with Crippen LogP contribution in [0.15, 0.2) is 22.7 Å². The summed E-state index contributed by atoms with van der Waals surface area (Å²) in [4.78, 5) is 9.34. The summed E-state index contributed by atoms with van der Waals surface area (Å²) in [7, 11) is 0. The number of aromatic nitrogens is 2. The van der Waals surface area contributed by atoms with Gasteiger partial charge >= 0.3 is 0 Å². The molecule has 3 rings (SSSR count). The first-order valence-electron chi connectivity index (χ1n) is 8.40. The SMILES string of the molecule is Cc1ccc(C)c(N2CCN(Cc3nc(C(C)C)no3)CC2)c1. The molecule has 1 aliphatic heterocycles. The second kappa shape index (κ2) is 6.71. The van der Waals surface area contributed by atoms with Gasteiger partial charge in [0.25, 0.3) is 0 Å². The van der Waals surface area contributed by atoms with Gasteiger partial charge in [0.15, 0.2) is 5.82 Å². The second-order valence-corrected chi connectivity index (χ2v) is 6.75. The van der Waals surface area contributed by atoms with Gasteiger partial charge in [0.1, 0.15) is 0 Å². The van der Waals surface area contributed by atoms with Crippen molar-refractivity contribution in [2.45, 2.75) is 40.2 Å². The van der Waals surface area contributed by atoms with Crippen molar-refractivity contribution in [2.75, 3.05) is 31.1 Å². The molecule has 0 bridgehead atoms. The number of piperazine rings is 1. The average molecular weight is 314 g/mol. The van der Waals surface area contributed by atoms with Gasteiger partial charge in [-0.2, -0.15) is 4.98 Å². The third-order valence-corrected chi connectivity index (χ3v) is 4.44. The minimum Gasteiger partial charge on any atom is -0.369 e. The first-order chi connectivity index (χ1) is 11.0. The molecule has 23 heavy (non-hydrogen) atoms. The van der Waals surface area contributed by atoms with Gasteiger partial charge in [-0.05, 0) is 31.0 Å². The highest BCUT2D eigenvalue weighted by atomic mass is 16.5. The molecular weight excluding hydrogens is 288 g/mol. The smallest absolute Gasteiger partial charge is 0.240 e. The van der Waals surface area contributed by atoms with Crippen LogP contribution in [0.25, 0.3) is 0 Å². The lowest BCUT2D eigenvalue weighted by atomic mass is 10.1. The summed E-state index contributed by atoms with van der Waals surface area (Å²) in [5, 5.41) is 4.04. The minimum absolute atomic E-state index is 0.314. The molecule has 1 aromatic carbocycles. The van der Waals surface area contributed by atoms with Crippen LogP contribution in [0.2, 0.25) is 0 Å². The quantitative estimate of drug-likeness (QED) is 0.867. The number of anilines is 1. The predicted molar refractivity (Wildman–Crippen MR) is 91.8 cm³/mol. The van der Waals surface area contributed by atoms with Crippen LogP contribution >= 0.6 is 0 Å². The Kier molecular flexibility index (Phi) is 4.66. The molecule has 0 unspecified atom stereocenters. The van der Waals surface area contributed by atoms with Gasteiger partial charge in [0.05, 0.1) is 6.54 Å². The van der Waals surface area contributed by atoms with E-state index in [0.29, 0.717) is 5.92 Å². The molecule has 0 aliphatic carbocycles. The molecule has 2 aromatic rings. The van der Waals surface area contributed by atoms with Crippen LogP contribution in [0.5, 0.6) is 0 Å². The van der Waals surface area contributed by atoms with Gasteiger partial charge in [-0.15, -0.1) is 0 Å². The maximum Gasteiger partial charge on any atom is 0.240 e. The topological polar surface area (TPSA) is 45.4 Å². The highest BCUT2D eigenvalue weighted by molar-refractivity contribution is 5.55. The van der Waals surface area contributed by atoms with Crippen molar-refractivity contribution >= 4 is 5.69 Å². The zero-order chi connectivity index (χ0) is 16.4. The summed E-state index contributed by atoms with van der Waals surface area (Å²) in [6.45, 7) is 13.4. The molecule has 0 radical (unpaired) electrons. The average Bonchev–Trinajstić information content (AvgIpc) is 2.99. The highest BCUT2D eigenvalue weighted by Gasteiger charge is 2.20. The molecule has 5 heteroatoms. The van der Waals surface area contributed by atoms with E-state index in [-0.39, 0.29) is 0 Å². The van der Waals surface area contributed by atoms with Crippen LogP contribution in [-0.4, -0.2) is 41.2 Å². The summed E-state index contributed by atoms with van der Waals surface area (Å²) < 4.78 is 5.36. The lowest BCUT2D eigenvalue weighted by molar-refractivity contribution is 0.215. The zero-order valence-electron chi connectivity index (χ0n) is 14.5. The molecular formula is C18H26N4O. The Morgan fingerprint density at radius 2 is 1.87 bits per heavy atom. The number of aryl methyl sites for hydroxylation is 2. The Hall–Kier alpha value is -1.88. The van der Waals surface area contributed by atoms with Crippen molar-refractivity contribution in [3.8, 4) is 0 Å². The van der Waals surface area contributed by atoms with E-state index in [1.807, 2.05) is 0 Å². The zero-order valence-corrected chi connectivity index (χ0v) is 14.5. The maximum atomic E-state index is 5.36. The number of benzene rings is 1. The monoisotopic (exact) mass is 314 g/mol. The van der Waals surface area contributed by atoms with Crippen molar-refractivity contribution in [2.24, 2.45) is 0 Å². The molecule has 0 spiro atoms. The van der Waals surface area contributed by atoms with Crippen molar-refractivity contribution in [1.82, 2.24) is 15.0 Å².